The topological polar surface area (TPSA) is 48.2 Å². The summed E-state index contributed by atoms with van der Waals surface area (Å²) in [6, 6.07) is 16.9. The van der Waals surface area contributed by atoms with Crippen LogP contribution in [0.15, 0.2) is 60.9 Å². The average molecular weight is 418 g/mol. The number of aromatic nitrogens is 2. The van der Waals surface area contributed by atoms with Gasteiger partial charge in [-0.05, 0) is 42.5 Å². The first-order chi connectivity index (χ1) is 15.2. The number of methoxy groups -OCH3 is 1. The number of ether oxygens (including phenoxy) is 1. The molecule has 0 aliphatic rings. The van der Waals surface area contributed by atoms with Gasteiger partial charge in [-0.15, -0.1) is 0 Å². The Bertz CT molecular complexity index is 1170. The number of benzene rings is 2. The van der Waals surface area contributed by atoms with Crippen molar-refractivity contribution in [3.63, 3.8) is 0 Å². The zero-order valence-electron chi connectivity index (χ0n) is 18.4. The Kier molecular flexibility index (Phi) is 6.73. The van der Waals surface area contributed by atoms with Crippen LogP contribution in [0.25, 0.3) is 21.8 Å². The molecule has 2 heterocycles. The van der Waals surface area contributed by atoms with Gasteiger partial charge in [0.1, 0.15) is 0 Å². The minimum absolute atomic E-state index is 0.128. The van der Waals surface area contributed by atoms with E-state index in [1.54, 1.807) is 7.11 Å². The van der Waals surface area contributed by atoms with Gasteiger partial charge in [0.15, 0.2) is 0 Å². The molecule has 1 amide bonds. The van der Waals surface area contributed by atoms with Crippen molar-refractivity contribution >= 4 is 27.7 Å². The fourth-order valence-electron chi connectivity index (χ4n) is 4.39. The summed E-state index contributed by atoms with van der Waals surface area (Å²) in [7, 11) is 3.79. The summed E-state index contributed by atoms with van der Waals surface area (Å²) in [4.78, 5) is 12.4. The number of aryl methyl sites for hydroxylation is 2. The molecule has 0 spiro atoms. The summed E-state index contributed by atoms with van der Waals surface area (Å²) in [5.41, 5.74) is 5.04. The molecule has 5 nitrogen and oxygen atoms in total. The maximum atomic E-state index is 12.4. The van der Waals surface area contributed by atoms with Crippen LogP contribution in [0.4, 0.5) is 0 Å². The third-order valence-corrected chi connectivity index (χ3v) is 5.95. The van der Waals surface area contributed by atoms with E-state index in [0.717, 1.165) is 25.8 Å². The molecule has 0 saturated carbocycles. The van der Waals surface area contributed by atoms with E-state index >= 15 is 0 Å². The number of hydrogen-bond donors (Lipinski definition) is 1. The lowest BCUT2D eigenvalue weighted by atomic mass is 10.1. The lowest BCUT2D eigenvalue weighted by Crippen LogP contribution is -2.25. The average Bonchev–Trinajstić information content (AvgIpc) is 3.30. The van der Waals surface area contributed by atoms with Gasteiger partial charge in [-0.3, -0.25) is 4.79 Å². The second kappa shape index (κ2) is 9.84. The number of nitrogens with one attached hydrogen (secondary N) is 1. The number of amides is 1. The van der Waals surface area contributed by atoms with Crippen LogP contribution >= 0.6 is 0 Å². The molecule has 0 aliphatic heterocycles. The Balaban J connectivity index is 1.28. The molecule has 2 aromatic heterocycles. The van der Waals surface area contributed by atoms with Crippen molar-refractivity contribution in [3.8, 4) is 0 Å². The molecule has 0 saturated heterocycles. The van der Waals surface area contributed by atoms with Crippen molar-refractivity contribution in [1.29, 1.82) is 0 Å². The standard InChI is InChI=1S/C26H31N3O2/c1-28-18-21(22-9-3-5-11-24(22)28)14-15-27-26(30)13-7-8-20-19-29(16-17-31-2)25-12-6-4-10-23(20)25/h3-6,9-12,18-19H,7-8,13-17H2,1-2H3,(H,27,30). The molecular formula is C26H31N3O2. The van der Waals surface area contributed by atoms with Crippen LogP contribution in [0.1, 0.15) is 24.0 Å². The van der Waals surface area contributed by atoms with Crippen molar-refractivity contribution in [2.24, 2.45) is 7.05 Å². The van der Waals surface area contributed by atoms with Crippen molar-refractivity contribution in [1.82, 2.24) is 14.5 Å². The van der Waals surface area contributed by atoms with E-state index in [0.29, 0.717) is 19.6 Å². The van der Waals surface area contributed by atoms with E-state index in [4.69, 9.17) is 4.74 Å². The van der Waals surface area contributed by atoms with Crippen LogP contribution in [0, 0.1) is 0 Å². The number of carbonyl (C=O) groups is 1. The predicted molar refractivity (Wildman–Crippen MR) is 126 cm³/mol. The van der Waals surface area contributed by atoms with E-state index in [9.17, 15) is 4.79 Å². The van der Waals surface area contributed by atoms with Crippen LogP contribution in [-0.4, -0.2) is 35.3 Å². The molecule has 4 aromatic rings. The predicted octanol–water partition coefficient (Wildman–Crippen LogP) is 4.46. The summed E-state index contributed by atoms with van der Waals surface area (Å²) >= 11 is 0. The van der Waals surface area contributed by atoms with Crippen LogP contribution < -0.4 is 5.32 Å². The molecule has 0 unspecified atom stereocenters. The Morgan fingerprint density at radius 1 is 0.935 bits per heavy atom. The molecule has 4 rings (SSSR count). The minimum atomic E-state index is 0.128. The van der Waals surface area contributed by atoms with Gasteiger partial charge in [0, 0.05) is 67.9 Å². The van der Waals surface area contributed by atoms with E-state index in [2.05, 4.69) is 82.4 Å². The highest BCUT2D eigenvalue weighted by atomic mass is 16.5. The zero-order chi connectivity index (χ0) is 21.6. The Morgan fingerprint density at radius 2 is 1.61 bits per heavy atom. The zero-order valence-corrected chi connectivity index (χ0v) is 18.4. The number of nitrogens with zero attached hydrogens (tertiary/aromatic N) is 2. The number of hydrogen-bond acceptors (Lipinski definition) is 2. The second-order valence-corrected chi connectivity index (χ2v) is 8.09. The number of para-hydroxylation sites is 2. The smallest absolute Gasteiger partial charge is 0.220 e. The van der Waals surface area contributed by atoms with E-state index in [-0.39, 0.29) is 5.91 Å². The number of fused-ring (bicyclic) bond motifs is 2. The molecule has 5 heteroatoms. The van der Waals surface area contributed by atoms with E-state index < -0.39 is 0 Å². The molecule has 0 fully saturated rings. The Hall–Kier alpha value is -3.05. The summed E-state index contributed by atoms with van der Waals surface area (Å²) < 4.78 is 9.63. The van der Waals surface area contributed by atoms with Crippen molar-refractivity contribution in [2.45, 2.75) is 32.2 Å². The molecule has 162 valence electrons. The molecule has 31 heavy (non-hydrogen) atoms. The Morgan fingerprint density at radius 3 is 2.39 bits per heavy atom. The molecule has 1 N–H and O–H groups in total. The van der Waals surface area contributed by atoms with Gasteiger partial charge < -0.3 is 19.2 Å². The van der Waals surface area contributed by atoms with Gasteiger partial charge >= 0.3 is 0 Å². The largest absolute Gasteiger partial charge is 0.383 e. The molecule has 0 atom stereocenters. The second-order valence-electron chi connectivity index (χ2n) is 8.09. The highest BCUT2D eigenvalue weighted by Crippen LogP contribution is 2.23. The van der Waals surface area contributed by atoms with Gasteiger partial charge in [0.25, 0.3) is 0 Å². The SMILES string of the molecule is COCCn1cc(CCCC(=O)NCCc2cn(C)c3ccccc23)c2ccccc21. The lowest BCUT2D eigenvalue weighted by Gasteiger charge is -2.05. The van der Waals surface area contributed by atoms with Crippen LogP contribution in [0.2, 0.25) is 0 Å². The van der Waals surface area contributed by atoms with Crippen molar-refractivity contribution in [3.05, 3.63) is 72.1 Å². The first-order valence-electron chi connectivity index (χ1n) is 11.0. The minimum Gasteiger partial charge on any atom is -0.383 e. The third-order valence-electron chi connectivity index (χ3n) is 5.95. The van der Waals surface area contributed by atoms with Crippen molar-refractivity contribution < 1.29 is 9.53 Å². The summed E-state index contributed by atoms with van der Waals surface area (Å²) in [6.07, 6.45) is 7.51. The van der Waals surface area contributed by atoms with Crippen LogP contribution in [-0.2, 0) is 36.0 Å². The number of rotatable bonds is 10. The van der Waals surface area contributed by atoms with Gasteiger partial charge in [0.05, 0.1) is 6.61 Å². The molecule has 2 aromatic carbocycles. The van der Waals surface area contributed by atoms with Gasteiger partial charge in [-0.2, -0.15) is 0 Å². The number of carbonyl (C=O) groups excluding carboxylic acids is 1. The first-order valence-corrected chi connectivity index (χ1v) is 11.0. The molecule has 0 radical (unpaired) electrons. The fourth-order valence-corrected chi connectivity index (χ4v) is 4.39. The van der Waals surface area contributed by atoms with Gasteiger partial charge in [0.2, 0.25) is 5.91 Å². The molecule has 0 aliphatic carbocycles. The molecular weight excluding hydrogens is 386 g/mol. The molecule has 0 bridgehead atoms. The highest BCUT2D eigenvalue weighted by Gasteiger charge is 2.10. The van der Waals surface area contributed by atoms with Gasteiger partial charge in [-0.1, -0.05) is 36.4 Å². The summed E-state index contributed by atoms with van der Waals surface area (Å²) in [5.74, 6) is 0.128. The quantitative estimate of drug-likeness (QED) is 0.414. The summed E-state index contributed by atoms with van der Waals surface area (Å²) in [6.45, 7) is 2.20. The van der Waals surface area contributed by atoms with E-state index in [1.165, 1.54) is 32.9 Å². The van der Waals surface area contributed by atoms with Crippen LogP contribution in [0.5, 0.6) is 0 Å². The summed E-state index contributed by atoms with van der Waals surface area (Å²) in [5, 5.41) is 5.63. The van der Waals surface area contributed by atoms with Crippen molar-refractivity contribution in [2.75, 3.05) is 20.3 Å². The monoisotopic (exact) mass is 417 g/mol. The third kappa shape index (κ3) is 4.83. The fraction of sp³-hybridized carbons (Fsp3) is 0.346. The first kappa shape index (κ1) is 21.2. The van der Waals surface area contributed by atoms with Gasteiger partial charge in [-0.25, -0.2) is 0 Å². The highest BCUT2D eigenvalue weighted by molar-refractivity contribution is 5.85. The lowest BCUT2D eigenvalue weighted by molar-refractivity contribution is -0.121. The van der Waals surface area contributed by atoms with E-state index in [1.807, 2.05) is 0 Å². The maximum absolute atomic E-state index is 12.4. The normalized spacial score (nSPS) is 11.4. The van der Waals surface area contributed by atoms with Crippen LogP contribution in [0.3, 0.4) is 0 Å². The Labute approximate surface area is 183 Å². The maximum Gasteiger partial charge on any atom is 0.220 e.